The number of alkyl halides is 1. The predicted molar refractivity (Wildman–Crippen MR) is 171 cm³/mol. The minimum atomic E-state index is -4.97. The van der Waals surface area contributed by atoms with Gasteiger partial charge in [-0.15, -0.1) is 11.3 Å². The summed E-state index contributed by atoms with van der Waals surface area (Å²) in [6, 6.07) is 6.34. The van der Waals surface area contributed by atoms with Crippen LogP contribution in [0, 0.1) is 11.8 Å². The molecule has 0 radical (unpaired) electrons. The van der Waals surface area contributed by atoms with Gasteiger partial charge in [0.05, 0.1) is 4.88 Å². The predicted octanol–water partition coefficient (Wildman–Crippen LogP) is 4.02. The number of hydrogen-bond acceptors (Lipinski definition) is 7. The molecule has 3 saturated heterocycles. The number of hydrogen-bond donors (Lipinski definition) is 3. The summed E-state index contributed by atoms with van der Waals surface area (Å²) >= 11 is 1.16. The van der Waals surface area contributed by atoms with Gasteiger partial charge in [0.2, 0.25) is 17.7 Å². The van der Waals surface area contributed by atoms with Crippen LogP contribution in [0.4, 0.5) is 10.1 Å². The largest absolute Gasteiger partial charge is 0.377 e. The highest BCUT2D eigenvalue weighted by atomic mass is 32.1. The molecule has 0 bridgehead atoms. The number of benzene rings is 1. The molecule has 1 aromatic carbocycles. The smallest absolute Gasteiger partial charge is 0.363 e. The summed E-state index contributed by atoms with van der Waals surface area (Å²) in [5.41, 5.74) is 2.02. The van der Waals surface area contributed by atoms with E-state index < -0.39 is 31.5 Å². The van der Waals surface area contributed by atoms with Gasteiger partial charge in [-0.3, -0.25) is 23.9 Å². The average Bonchev–Trinajstić information content (AvgIpc) is 3.35. The zero-order valence-corrected chi connectivity index (χ0v) is 27.3. The zero-order valence-electron chi connectivity index (χ0n) is 25.6. The number of nitrogens with one attached hydrogen (secondary N) is 1. The van der Waals surface area contributed by atoms with Crippen molar-refractivity contribution in [3.63, 3.8) is 0 Å². The zero-order chi connectivity index (χ0) is 32.5. The normalized spacial score (nSPS) is 26.9. The number of aromatic nitrogens is 1. The van der Waals surface area contributed by atoms with Gasteiger partial charge in [-0.25, -0.2) is 4.39 Å². The maximum atomic E-state index is 14.3. The molecule has 6 atom stereocenters. The van der Waals surface area contributed by atoms with E-state index in [1.165, 1.54) is 18.2 Å². The molecule has 5 heterocycles. The van der Waals surface area contributed by atoms with Gasteiger partial charge in [0, 0.05) is 67.5 Å². The van der Waals surface area contributed by atoms with E-state index in [0.717, 1.165) is 41.9 Å². The van der Waals surface area contributed by atoms with Crippen molar-refractivity contribution in [3.05, 3.63) is 58.7 Å². The summed E-state index contributed by atoms with van der Waals surface area (Å²) in [5, 5.41) is 3.44. The maximum absolute atomic E-state index is 14.3. The second-order valence-electron chi connectivity index (χ2n) is 13.3. The van der Waals surface area contributed by atoms with Gasteiger partial charge < -0.3 is 29.8 Å². The highest BCUT2D eigenvalue weighted by molar-refractivity contribution is 7.51. The fourth-order valence-corrected chi connectivity index (χ4v) is 9.06. The molecule has 0 spiro atoms. The number of halogens is 1. The van der Waals surface area contributed by atoms with Crippen molar-refractivity contribution in [3.8, 4) is 0 Å². The fraction of sp³-hybridized carbons (Fsp3) is 0.500. The minimum Gasteiger partial charge on any atom is -0.377 e. The number of likely N-dealkylation sites (tertiary alicyclic amines) is 1. The van der Waals surface area contributed by atoms with E-state index in [-0.39, 0.29) is 29.3 Å². The van der Waals surface area contributed by atoms with E-state index in [1.807, 2.05) is 36.2 Å². The van der Waals surface area contributed by atoms with Gasteiger partial charge in [0.25, 0.3) is 5.91 Å². The number of amides is 3. The Morgan fingerprint density at radius 1 is 1.11 bits per heavy atom. The van der Waals surface area contributed by atoms with Crippen LogP contribution in [0.1, 0.15) is 64.7 Å². The Bertz CT molecular complexity index is 1760. The van der Waals surface area contributed by atoms with E-state index in [9.17, 15) is 33.1 Å². The number of nitrogens with zero attached hydrogens (tertiary/aromatic N) is 4. The topological polar surface area (TPSA) is 143 Å². The van der Waals surface area contributed by atoms with E-state index in [4.69, 9.17) is 0 Å². The third-order valence-electron chi connectivity index (χ3n) is 10.1. The van der Waals surface area contributed by atoms with Crippen molar-refractivity contribution in [2.45, 2.75) is 62.1 Å². The first kappa shape index (κ1) is 31.2. The molecule has 3 N–H and O–H groups in total. The lowest BCUT2D eigenvalue weighted by molar-refractivity contribution is -0.149. The van der Waals surface area contributed by atoms with Crippen molar-refractivity contribution in [2.75, 3.05) is 32.1 Å². The molecule has 7 rings (SSSR count). The molecule has 3 amide bonds. The summed E-state index contributed by atoms with van der Waals surface area (Å²) in [6.07, 6.45) is 7.40. The number of rotatable bonds is 7. The second kappa shape index (κ2) is 11.7. The quantitative estimate of drug-likeness (QED) is 0.320. The van der Waals surface area contributed by atoms with Crippen LogP contribution in [0.3, 0.4) is 0 Å². The average molecular weight is 670 g/mol. The molecule has 14 heteroatoms. The number of thiophene rings is 1. The molecule has 3 aromatic rings. The van der Waals surface area contributed by atoms with E-state index in [1.54, 1.807) is 17.2 Å². The lowest BCUT2D eigenvalue weighted by Crippen LogP contribution is -2.59. The second-order valence-corrected chi connectivity index (χ2v) is 16.1. The summed E-state index contributed by atoms with van der Waals surface area (Å²) in [7, 11) is -1.00. The van der Waals surface area contributed by atoms with E-state index in [2.05, 4.69) is 10.3 Å². The lowest BCUT2D eigenvalue weighted by atomic mass is 9.90. The highest BCUT2D eigenvalue weighted by Gasteiger charge is 2.52. The first-order valence-corrected chi connectivity index (χ1v) is 18.1. The Morgan fingerprint density at radius 3 is 2.61 bits per heavy atom. The van der Waals surface area contributed by atoms with Gasteiger partial charge in [-0.2, -0.15) is 0 Å². The van der Waals surface area contributed by atoms with Crippen LogP contribution < -0.4 is 10.2 Å². The number of pyridine rings is 1. The third-order valence-corrected chi connectivity index (χ3v) is 12.1. The minimum absolute atomic E-state index is 0.0303. The summed E-state index contributed by atoms with van der Waals surface area (Å²) < 4.78 is 26.4. The van der Waals surface area contributed by atoms with Gasteiger partial charge in [-0.1, -0.05) is 6.07 Å². The van der Waals surface area contributed by atoms with Gasteiger partial charge in [-0.05, 0) is 79.2 Å². The molecule has 244 valence electrons. The SMILES string of the molecule is CN(C)c1ccncc1C1CN(C(=O)[C@@H]2CC[C@@H]3C[C@H]4C[C@H]4C[C@H](NC(=O)c4cc5cc([C@@H](F)P(=O)(O)O)ccc5s4)C(=O)N32)C1. The van der Waals surface area contributed by atoms with Crippen LogP contribution in [-0.4, -0.2) is 87.6 Å². The molecule has 1 saturated carbocycles. The molecular formula is C32H37FN5O6PS. The van der Waals surface area contributed by atoms with Gasteiger partial charge in [0.15, 0.2) is 0 Å². The highest BCUT2D eigenvalue weighted by Crippen LogP contribution is 2.53. The van der Waals surface area contributed by atoms with Crippen molar-refractivity contribution in [2.24, 2.45) is 11.8 Å². The lowest BCUT2D eigenvalue weighted by Gasteiger charge is -2.44. The third kappa shape index (κ3) is 5.72. The fourth-order valence-electron chi connectivity index (χ4n) is 7.56. The number of anilines is 1. The molecular weight excluding hydrogens is 632 g/mol. The number of carbonyl (C=O) groups excluding carboxylic acids is 3. The molecule has 4 aliphatic rings. The Balaban J connectivity index is 1.06. The molecule has 11 nitrogen and oxygen atoms in total. The Hall–Kier alpha value is -3.38. The number of carbonyl (C=O) groups is 3. The van der Waals surface area contributed by atoms with Crippen molar-refractivity contribution >= 4 is 52.4 Å². The maximum Gasteiger partial charge on any atom is 0.363 e. The van der Waals surface area contributed by atoms with Crippen molar-refractivity contribution < 1.29 is 33.1 Å². The van der Waals surface area contributed by atoms with Crippen LogP contribution >= 0.6 is 18.9 Å². The summed E-state index contributed by atoms with van der Waals surface area (Å²) in [6.45, 7) is 1.15. The Morgan fingerprint density at radius 2 is 1.87 bits per heavy atom. The van der Waals surface area contributed by atoms with Crippen molar-refractivity contribution in [1.82, 2.24) is 20.1 Å². The van der Waals surface area contributed by atoms with Gasteiger partial charge in [0.1, 0.15) is 12.1 Å². The summed E-state index contributed by atoms with van der Waals surface area (Å²) in [5.74, 6) is -2.14. The standard InChI is InChI=1S/C32H37FN5O6PS/c1-36(2)25-7-8-34-14-23(25)21-15-37(16-21)32(41)26-5-4-22-11-18-10-19(18)12-24(31(40)38(22)26)35-30(39)28-13-20-9-17(3-6-27(20)46-28)29(33)45(42,43)44/h3,6-9,13-14,18-19,21-22,24,26,29H,4-5,10-12,15-16H2,1-2H3,(H,35,39)(H2,42,43,44)/t18-,19+,22-,24+,26+,29+/m1/s1. The Kier molecular flexibility index (Phi) is 7.94. The van der Waals surface area contributed by atoms with Crippen LogP contribution in [0.15, 0.2) is 42.7 Å². The first-order valence-electron chi connectivity index (χ1n) is 15.6. The van der Waals surface area contributed by atoms with E-state index in [0.29, 0.717) is 52.7 Å². The molecule has 46 heavy (non-hydrogen) atoms. The van der Waals surface area contributed by atoms with Gasteiger partial charge >= 0.3 is 7.60 Å². The molecule has 2 aromatic heterocycles. The van der Waals surface area contributed by atoms with Crippen molar-refractivity contribution in [1.29, 1.82) is 0 Å². The Labute approximate surface area is 269 Å². The number of fused-ring (bicyclic) bond motifs is 3. The van der Waals surface area contributed by atoms with E-state index >= 15 is 0 Å². The van der Waals surface area contributed by atoms with Crippen LogP contribution in [0.25, 0.3) is 10.1 Å². The van der Waals surface area contributed by atoms with Crippen LogP contribution in [0.5, 0.6) is 0 Å². The molecule has 1 aliphatic carbocycles. The van der Waals surface area contributed by atoms with Crippen LogP contribution in [0.2, 0.25) is 0 Å². The van der Waals surface area contributed by atoms with Crippen LogP contribution in [-0.2, 0) is 14.2 Å². The first-order chi connectivity index (χ1) is 21.9. The molecule has 4 fully saturated rings. The molecule has 0 unspecified atom stereocenters. The monoisotopic (exact) mass is 669 g/mol. The summed E-state index contributed by atoms with van der Waals surface area (Å²) in [4.78, 5) is 70.2. The molecule has 3 aliphatic heterocycles.